The second-order valence-electron chi connectivity index (χ2n) is 3.93. The van der Waals surface area contributed by atoms with E-state index >= 15 is 0 Å². The quantitative estimate of drug-likeness (QED) is 0.872. The molecule has 0 amide bonds. The number of hydrogen-bond acceptors (Lipinski definition) is 4. The summed E-state index contributed by atoms with van der Waals surface area (Å²) >= 11 is 0. The molecule has 0 spiro atoms. The van der Waals surface area contributed by atoms with Gasteiger partial charge in [-0.25, -0.2) is 0 Å². The van der Waals surface area contributed by atoms with Crippen LogP contribution in [0.2, 0.25) is 0 Å². The maximum absolute atomic E-state index is 10.5. The largest absolute Gasteiger partial charge is 0.495 e. The van der Waals surface area contributed by atoms with Crippen LogP contribution in [-0.2, 0) is 5.60 Å². The van der Waals surface area contributed by atoms with Crippen LogP contribution in [0.1, 0.15) is 18.1 Å². The van der Waals surface area contributed by atoms with Gasteiger partial charge in [-0.2, -0.15) is 0 Å². The Hall–Kier alpha value is -1.94. The van der Waals surface area contributed by atoms with E-state index in [1.807, 2.05) is 6.07 Å². The summed E-state index contributed by atoms with van der Waals surface area (Å²) in [7, 11) is 1.57. The van der Waals surface area contributed by atoms with Crippen LogP contribution in [-0.4, -0.2) is 22.2 Å². The molecule has 2 heterocycles. The Balaban J connectivity index is 2.44. The summed E-state index contributed by atoms with van der Waals surface area (Å²) < 4.78 is 5.10. The second-order valence-corrected chi connectivity index (χ2v) is 3.93. The molecule has 2 rings (SSSR count). The third kappa shape index (κ3) is 2.26. The number of aliphatic hydroxyl groups is 1. The Morgan fingerprint density at radius 3 is 2.59 bits per heavy atom. The summed E-state index contributed by atoms with van der Waals surface area (Å²) in [6.45, 7) is 1.71. The summed E-state index contributed by atoms with van der Waals surface area (Å²) in [6.07, 6.45) is 6.53. The Morgan fingerprint density at radius 2 is 1.94 bits per heavy atom. The van der Waals surface area contributed by atoms with Crippen molar-refractivity contribution in [3.63, 3.8) is 0 Å². The number of pyridine rings is 2. The molecule has 17 heavy (non-hydrogen) atoms. The normalized spacial score (nSPS) is 14.1. The SMILES string of the molecule is COc1cncc(C(C)(O)c2cccnc2)c1. The minimum atomic E-state index is -1.13. The highest BCUT2D eigenvalue weighted by atomic mass is 16.5. The molecule has 0 radical (unpaired) electrons. The van der Waals surface area contributed by atoms with Gasteiger partial charge in [-0.05, 0) is 19.1 Å². The summed E-state index contributed by atoms with van der Waals surface area (Å²) in [5.74, 6) is 0.617. The van der Waals surface area contributed by atoms with Crippen LogP contribution >= 0.6 is 0 Å². The number of methoxy groups -OCH3 is 1. The van der Waals surface area contributed by atoms with Crippen LogP contribution in [0.15, 0.2) is 43.0 Å². The van der Waals surface area contributed by atoms with Crippen molar-refractivity contribution in [2.45, 2.75) is 12.5 Å². The molecule has 0 aliphatic carbocycles. The first kappa shape index (κ1) is 11.5. The fourth-order valence-electron chi connectivity index (χ4n) is 1.61. The van der Waals surface area contributed by atoms with E-state index in [1.165, 1.54) is 0 Å². The molecule has 4 heteroatoms. The van der Waals surface area contributed by atoms with Crippen LogP contribution in [0, 0.1) is 0 Å². The lowest BCUT2D eigenvalue weighted by molar-refractivity contribution is 0.101. The lowest BCUT2D eigenvalue weighted by Gasteiger charge is -2.23. The zero-order chi connectivity index (χ0) is 12.3. The van der Waals surface area contributed by atoms with Crippen LogP contribution in [0.25, 0.3) is 0 Å². The highest BCUT2D eigenvalue weighted by Gasteiger charge is 2.26. The van der Waals surface area contributed by atoms with Crippen molar-refractivity contribution in [3.8, 4) is 5.75 Å². The van der Waals surface area contributed by atoms with Gasteiger partial charge in [0.15, 0.2) is 0 Å². The van der Waals surface area contributed by atoms with E-state index in [0.29, 0.717) is 11.3 Å². The minimum absolute atomic E-state index is 0.617. The van der Waals surface area contributed by atoms with Gasteiger partial charge >= 0.3 is 0 Å². The van der Waals surface area contributed by atoms with Crippen molar-refractivity contribution < 1.29 is 9.84 Å². The summed E-state index contributed by atoms with van der Waals surface area (Å²) in [5.41, 5.74) is 0.260. The molecule has 1 atom stereocenters. The van der Waals surface area contributed by atoms with Gasteiger partial charge < -0.3 is 9.84 Å². The smallest absolute Gasteiger partial charge is 0.137 e. The van der Waals surface area contributed by atoms with Gasteiger partial charge in [0.25, 0.3) is 0 Å². The number of aromatic nitrogens is 2. The lowest BCUT2D eigenvalue weighted by atomic mass is 9.90. The molecule has 0 saturated carbocycles. The highest BCUT2D eigenvalue weighted by molar-refractivity contribution is 5.35. The van der Waals surface area contributed by atoms with Crippen molar-refractivity contribution in [1.29, 1.82) is 0 Å². The average molecular weight is 230 g/mol. The molecule has 2 aromatic heterocycles. The first-order valence-corrected chi connectivity index (χ1v) is 5.27. The molecule has 2 aromatic rings. The molecule has 4 nitrogen and oxygen atoms in total. The first-order chi connectivity index (χ1) is 8.14. The molecule has 0 fully saturated rings. The highest BCUT2D eigenvalue weighted by Crippen LogP contribution is 2.29. The lowest BCUT2D eigenvalue weighted by Crippen LogP contribution is -2.23. The van der Waals surface area contributed by atoms with Crippen molar-refractivity contribution in [3.05, 3.63) is 54.1 Å². The molecule has 0 aliphatic rings. The topological polar surface area (TPSA) is 55.2 Å². The zero-order valence-corrected chi connectivity index (χ0v) is 9.79. The molecule has 0 aromatic carbocycles. The number of nitrogens with zero attached hydrogens (tertiary/aromatic N) is 2. The zero-order valence-electron chi connectivity index (χ0n) is 9.79. The van der Waals surface area contributed by atoms with Crippen molar-refractivity contribution in [1.82, 2.24) is 9.97 Å². The standard InChI is InChI=1S/C13H14N2O2/c1-13(16,10-4-3-5-14-7-10)11-6-12(17-2)9-15-8-11/h3-9,16H,1-2H3. The van der Waals surface area contributed by atoms with E-state index in [2.05, 4.69) is 9.97 Å². The van der Waals surface area contributed by atoms with Gasteiger partial charge in [-0.15, -0.1) is 0 Å². The van der Waals surface area contributed by atoms with Gasteiger partial charge in [-0.1, -0.05) is 6.07 Å². The van der Waals surface area contributed by atoms with Crippen LogP contribution in [0.3, 0.4) is 0 Å². The number of ether oxygens (including phenoxy) is 1. The Morgan fingerprint density at radius 1 is 1.18 bits per heavy atom. The molecule has 0 aliphatic heterocycles. The molecular weight excluding hydrogens is 216 g/mol. The Labute approximate surface area is 99.9 Å². The maximum Gasteiger partial charge on any atom is 0.137 e. The third-order valence-corrected chi connectivity index (χ3v) is 2.73. The van der Waals surface area contributed by atoms with E-state index in [-0.39, 0.29) is 0 Å². The minimum Gasteiger partial charge on any atom is -0.495 e. The fraction of sp³-hybridized carbons (Fsp3) is 0.231. The fourth-order valence-corrected chi connectivity index (χ4v) is 1.61. The predicted molar refractivity (Wildman–Crippen MR) is 63.7 cm³/mol. The van der Waals surface area contributed by atoms with Gasteiger partial charge in [-0.3, -0.25) is 9.97 Å². The van der Waals surface area contributed by atoms with E-state index in [1.54, 1.807) is 51.0 Å². The summed E-state index contributed by atoms with van der Waals surface area (Å²) in [5, 5.41) is 10.5. The molecule has 88 valence electrons. The van der Waals surface area contributed by atoms with Crippen LogP contribution < -0.4 is 4.74 Å². The van der Waals surface area contributed by atoms with E-state index in [9.17, 15) is 5.11 Å². The van der Waals surface area contributed by atoms with E-state index in [4.69, 9.17) is 4.74 Å². The Bertz CT molecular complexity index is 498. The summed E-state index contributed by atoms with van der Waals surface area (Å²) in [6, 6.07) is 5.38. The first-order valence-electron chi connectivity index (χ1n) is 5.27. The molecule has 1 N–H and O–H groups in total. The van der Waals surface area contributed by atoms with Crippen molar-refractivity contribution >= 4 is 0 Å². The van der Waals surface area contributed by atoms with Gasteiger partial charge in [0.05, 0.1) is 13.3 Å². The molecule has 0 bridgehead atoms. The average Bonchev–Trinajstić information content (AvgIpc) is 2.40. The van der Waals surface area contributed by atoms with Gasteiger partial charge in [0.1, 0.15) is 11.4 Å². The maximum atomic E-state index is 10.5. The number of rotatable bonds is 3. The van der Waals surface area contributed by atoms with E-state index < -0.39 is 5.60 Å². The van der Waals surface area contributed by atoms with E-state index in [0.717, 1.165) is 5.56 Å². The molecule has 1 unspecified atom stereocenters. The Kier molecular flexibility index (Phi) is 3.06. The van der Waals surface area contributed by atoms with Crippen molar-refractivity contribution in [2.75, 3.05) is 7.11 Å². The van der Waals surface area contributed by atoms with Crippen LogP contribution in [0.5, 0.6) is 5.75 Å². The monoisotopic (exact) mass is 230 g/mol. The van der Waals surface area contributed by atoms with Gasteiger partial charge in [0.2, 0.25) is 0 Å². The van der Waals surface area contributed by atoms with Gasteiger partial charge in [0, 0.05) is 29.7 Å². The molecule has 0 saturated heterocycles. The number of hydrogen-bond donors (Lipinski definition) is 1. The van der Waals surface area contributed by atoms with Crippen molar-refractivity contribution in [2.24, 2.45) is 0 Å². The molecular formula is C13H14N2O2. The second kappa shape index (κ2) is 4.51. The third-order valence-electron chi connectivity index (χ3n) is 2.73. The summed E-state index contributed by atoms with van der Waals surface area (Å²) in [4.78, 5) is 8.05. The predicted octanol–water partition coefficient (Wildman–Crippen LogP) is 1.74. The van der Waals surface area contributed by atoms with Crippen LogP contribution in [0.4, 0.5) is 0 Å².